The van der Waals surface area contributed by atoms with Crippen molar-refractivity contribution in [2.75, 3.05) is 26.2 Å². The first-order valence-corrected chi connectivity index (χ1v) is 7.19. The zero-order valence-corrected chi connectivity index (χ0v) is 12.9. The van der Waals surface area contributed by atoms with Gasteiger partial charge in [0.1, 0.15) is 6.54 Å². The lowest BCUT2D eigenvalue weighted by Gasteiger charge is -2.13. The SMILES string of the molecule is CCNC(=O)CNC(=O)CNC(=O)CN1C(=O)CC(S)C1=O. The lowest BCUT2D eigenvalue weighted by Crippen LogP contribution is -2.45. The molecule has 1 rings (SSSR count). The van der Waals surface area contributed by atoms with Crippen LogP contribution in [0.25, 0.3) is 0 Å². The molecule has 1 fully saturated rings. The van der Waals surface area contributed by atoms with E-state index < -0.39 is 35.4 Å². The molecule has 1 aliphatic heterocycles. The maximum Gasteiger partial charge on any atom is 0.243 e. The first-order chi connectivity index (χ1) is 10.3. The number of thiol groups is 1. The van der Waals surface area contributed by atoms with Gasteiger partial charge >= 0.3 is 0 Å². The summed E-state index contributed by atoms with van der Waals surface area (Å²) in [7, 11) is 0. The Morgan fingerprint density at radius 2 is 1.64 bits per heavy atom. The van der Waals surface area contributed by atoms with Crippen LogP contribution in [0.5, 0.6) is 0 Å². The second kappa shape index (κ2) is 8.37. The Labute approximate surface area is 132 Å². The van der Waals surface area contributed by atoms with Gasteiger partial charge in [-0.3, -0.25) is 28.9 Å². The number of amides is 5. The van der Waals surface area contributed by atoms with Gasteiger partial charge in [0.2, 0.25) is 29.5 Å². The van der Waals surface area contributed by atoms with Gasteiger partial charge in [-0.25, -0.2) is 0 Å². The van der Waals surface area contributed by atoms with Crippen molar-refractivity contribution in [3.05, 3.63) is 0 Å². The molecule has 0 aromatic carbocycles. The average molecular weight is 330 g/mol. The fourth-order valence-corrected chi connectivity index (χ4v) is 2.01. The van der Waals surface area contributed by atoms with Crippen LogP contribution in [-0.4, -0.2) is 65.9 Å². The molecule has 0 aliphatic carbocycles. The minimum atomic E-state index is -0.722. The van der Waals surface area contributed by atoms with Gasteiger partial charge in [0.15, 0.2) is 0 Å². The molecule has 0 aromatic heterocycles. The van der Waals surface area contributed by atoms with E-state index in [1.807, 2.05) is 0 Å². The number of hydrogen-bond acceptors (Lipinski definition) is 6. The number of nitrogens with one attached hydrogen (secondary N) is 3. The molecule has 9 nitrogen and oxygen atoms in total. The molecule has 1 atom stereocenters. The molecule has 0 radical (unpaired) electrons. The van der Waals surface area contributed by atoms with Crippen LogP contribution >= 0.6 is 12.6 Å². The van der Waals surface area contributed by atoms with E-state index in [0.29, 0.717) is 6.54 Å². The van der Waals surface area contributed by atoms with E-state index in [1.165, 1.54) is 0 Å². The number of carbonyl (C=O) groups excluding carboxylic acids is 5. The molecule has 122 valence electrons. The third-order valence-electron chi connectivity index (χ3n) is 2.79. The summed E-state index contributed by atoms with van der Waals surface area (Å²) in [5, 5.41) is 6.36. The van der Waals surface area contributed by atoms with E-state index in [2.05, 4.69) is 28.6 Å². The van der Waals surface area contributed by atoms with Crippen LogP contribution in [-0.2, 0) is 24.0 Å². The smallest absolute Gasteiger partial charge is 0.243 e. The Kier molecular flexibility index (Phi) is 6.83. The van der Waals surface area contributed by atoms with Crippen LogP contribution in [0.15, 0.2) is 0 Å². The molecule has 22 heavy (non-hydrogen) atoms. The maximum atomic E-state index is 11.6. The third kappa shape index (κ3) is 5.35. The molecule has 0 saturated carbocycles. The minimum Gasteiger partial charge on any atom is -0.355 e. The fraction of sp³-hybridized carbons (Fsp3) is 0.583. The van der Waals surface area contributed by atoms with Crippen molar-refractivity contribution in [2.45, 2.75) is 18.6 Å². The van der Waals surface area contributed by atoms with Gasteiger partial charge in [-0.15, -0.1) is 0 Å². The van der Waals surface area contributed by atoms with Crippen LogP contribution < -0.4 is 16.0 Å². The average Bonchev–Trinajstić information content (AvgIpc) is 2.70. The number of rotatable bonds is 7. The first-order valence-electron chi connectivity index (χ1n) is 6.67. The highest BCUT2D eigenvalue weighted by Gasteiger charge is 2.37. The van der Waals surface area contributed by atoms with E-state index in [0.717, 1.165) is 4.90 Å². The van der Waals surface area contributed by atoms with E-state index in [4.69, 9.17) is 0 Å². The van der Waals surface area contributed by atoms with Crippen molar-refractivity contribution < 1.29 is 24.0 Å². The monoisotopic (exact) mass is 330 g/mol. The van der Waals surface area contributed by atoms with Crippen LogP contribution in [0.4, 0.5) is 0 Å². The van der Waals surface area contributed by atoms with E-state index in [-0.39, 0.29) is 25.4 Å². The molecule has 3 N–H and O–H groups in total. The van der Waals surface area contributed by atoms with Gasteiger partial charge < -0.3 is 16.0 Å². The van der Waals surface area contributed by atoms with E-state index >= 15 is 0 Å². The Morgan fingerprint density at radius 3 is 2.14 bits per heavy atom. The van der Waals surface area contributed by atoms with E-state index in [9.17, 15) is 24.0 Å². The lowest BCUT2D eigenvalue weighted by molar-refractivity contribution is -0.142. The molecule has 0 aromatic rings. The highest BCUT2D eigenvalue weighted by atomic mass is 32.1. The summed E-state index contributed by atoms with van der Waals surface area (Å²) in [6.07, 6.45) is -0.0394. The number of likely N-dealkylation sites (N-methyl/N-ethyl adjacent to an activating group) is 1. The van der Waals surface area contributed by atoms with Crippen LogP contribution in [0.2, 0.25) is 0 Å². The molecule has 1 unspecified atom stereocenters. The summed E-state index contributed by atoms with van der Waals surface area (Å²) in [5.41, 5.74) is 0. The first kappa shape index (κ1) is 18.0. The zero-order valence-electron chi connectivity index (χ0n) is 12.0. The van der Waals surface area contributed by atoms with Gasteiger partial charge in [-0.05, 0) is 6.92 Å². The zero-order chi connectivity index (χ0) is 16.7. The van der Waals surface area contributed by atoms with Crippen molar-refractivity contribution in [3.63, 3.8) is 0 Å². The molecule has 5 amide bonds. The number of likely N-dealkylation sites (tertiary alicyclic amines) is 1. The van der Waals surface area contributed by atoms with Crippen LogP contribution in [0.3, 0.4) is 0 Å². The Bertz CT molecular complexity index is 496. The summed E-state index contributed by atoms with van der Waals surface area (Å²) in [6.45, 7) is 1.22. The van der Waals surface area contributed by atoms with Gasteiger partial charge in [-0.2, -0.15) is 12.6 Å². The van der Waals surface area contributed by atoms with Gasteiger partial charge in [0, 0.05) is 13.0 Å². The Hall–Kier alpha value is -2.10. The fourth-order valence-electron chi connectivity index (χ4n) is 1.71. The second-order valence-electron chi connectivity index (χ2n) is 4.55. The Morgan fingerprint density at radius 1 is 1.09 bits per heavy atom. The quantitative estimate of drug-likeness (QED) is 0.301. The summed E-state index contributed by atoms with van der Waals surface area (Å²) < 4.78 is 0. The maximum absolute atomic E-state index is 11.6. The van der Waals surface area contributed by atoms with Crippen molar-refractivity contribution >= 4 is 42.2 Å². The highest BCUT2D eigenvalue weighted by Crippen LogP contribution is 2.16. The molecule has 1 heterocycles. The summed E-state index contributed by atoms with van der Waals surface area (Å²) >= 11 is 3.93. The van der Waals surface area contributed by atoms with Crippen LogP contribution in [0, 0.1) is 0 Å². The van der Waals surface area contributed by atoms with Gasteiger partial charge in [-0.1, -0.05) is 0 Å². The van der Waals surface area contributed by atoms with Crippen molar-refractivity contribution in [2.24, 2.45) is 0 Å². The lowest BCUT2D eigenvalue weighted by atomic mass is 10.4. The van der Waals surface area contributed by atoms with Crippen molar-refractivity contribution in [3.8, 4) is 0 Å². The number of imide groups is 1. The third-order valence-corrected chi connectivity index (χ3v) is 3.19. The molecule has 10 heteroatoms. The summed E-state index contributed by atoms with van der Waals surface area (Å²) in [5.74, 6) is -2.52. The minimum absolute atomic E-state index is 0.0394. The standard InChI is InChI=1S/C12H18N4O5S/c1-2-13-8(17)4-14-9(18)5-15-10(19)6-16-11(20)3-7(22)12(16)21/h7,22H,2-6H2,1H3,(H,13,17)(H,14,18)(H,15,19). The normalized spacial score (nSPS) is 17.4. The second-order valence-corrected chi connectivity index (χ2v) is 5.17. The molecule has 0 spiro atoms. The number of hydrogen-bond donors (Lipinski definition) is 4. The highest BCUT2D eigenvalue weighted by molar-refractivity contribution is 7.81. The predicted molar refractivity (Wildman–Crippen MR) is 78.8 cm³/mol. The number of nitrogens with zero attached hydrogens (tertiary/aromatic N) is 1. The molecular formula is C12H18N4O5S. The van der Waals surface area contributed by atoms with Gasteiger partial charge in [0.05, 0.1) is 18.3 Å². The number of carbonyl (C=O) groups is 5. The molecular weight excluding hydrogens is 312 g/mol. The molecule has 1 saturated heterocycles. The largest absolute Gasteiger partial charge is 0.355 e. The van der Waals surface area contributed by atoms with Crippen molar-refractivity contribution in [1.82, 2.24) is 20.9 Å². The molecule has 0 bridgehead atoms. The van der Waals surface area contributed by atoms with Gasteiger partial charge in [0.25, 0.3) is 0 Å². The molecule has 1 aliphatic rings. The van der Waals surface area contributed by atoms with Crippen molar-refractivity contribution in [1.29, 1.82) is 0 Å². The summed E-state index contributed by atoms with van der Waals surface area (Å²) in [4.78, 5) is 57.9. The summed E-state index contributed by atoms with van der Waals surface area (Å²) in [6, 6.07) is 0. The van der Waals surface area contributed by atoms with E-state index in [1.54, 1.807) is 6.92 Å². The Balaban J connectivity index is 2.28. The predicted octanol–water partition coefficient (Wildman–Crippen LogP) is -2.59. The topological polar surface area (TPSA) is 125 Å². The van der Waals surface area contributed by atoms with Crippen LogP contribution in [0.1, 0.15) is 13.3 Å².